The summed E-state index contributed by atoms with van der Waals surface area (Å²) in [6.07, 6.45) is 0. The number of hydrogen-bond acceptors (Lipinski definition) is 3. The molecular formula is C25H20Cl2N4O3. The van der Waals surface area contributed by atoms with Crippen LogP contribution in [0.3, 0.4) is 0 Å². The Morgan fingerprint density at radius 3 is 2.29 bits per heavy atom. The topological polar surface area (TPSA) is 92.2 Å². The molecule has 4 rings (SSSR count). The van der Waals surface area contributed by atoms with Crippen LogP contribution >= 0.6 is 23.2 Å². The molecule has 7 nitrogen and oxygen atoms in total. The van der Waals surface area contributed by atoms with E-state index in [-0.39, 0.29) is 5.69 Å². The average molecular weight is 495 g/mol. The second-order valence-corrected chi connectivity index (χ2v) is 8.54. The average Bonchev–Trinajstić information content (AvgIpc) is 3.15. The second kappa shape index (κ2) is 9.59. The number of hydrogen-bond donors (Lipinski definition) is 3. The molecule has 0 aliphatic rings. The number of benzene rings is 3. The van der Waals surface area contributed by atoms with E-state index in [1.807, 2.05) is 19.9 Å². The van der Waals surface area contributed by atoms with Crippen LogP contribution in [0.2, 0.25) is 10.0 Å². The summed E-state index contributed by atoms with van der Waals surface area (Å²) < 4.78 is 1.25. The number of nitrogens with zero attached hydrogens (tertiary/aromatic N) is 1. The Bertz CT molecular complexity index is 1450. The summed E-state index contributed by atoms with van der Waals surface area (Å²) >= 11 is 12.3. The number of fused-ring (bicyclic) bond motifs is 1. The van der Waals surface area contributed by atoms with E-state index < -0.39 is 17.7 Å². The van der Waals surface area contributed by atoms with Gasteiger partial charge in [-0.15, -0.1) is 0 Å². The first kappa shape index (κ1) is 23.4. The van der Waals surface area contributed by atoms with Crippen LogP contribution in [0, 0.1) is 13.8 Å². The number of carbonyl (C=O) groups excluding carboxylic acids is 3. The van der Waals surface area contributed by atoms with Gasteiger partial charge in [-0.1, -0.05) is 41.4 Å². The number of carbonyl (C=O) groups is 3. The third-order valence-electron chi connectivity index (χ3n) is 5.30. The zero-order valence-electron chi connectivity index (χ0n) is 18.3. The number of amides is 3. The minimum Gasteiger partial charge on any atom is -0.319 e. The van der Waals surface area contributed by atoms with E-state index in [1.54, 1.807) is 60.7 Å². The third-order valence-corrected chi connectivity index (χ3v) is 5.87. The Morgan fingerprint density at radius 1 is 0.794 bits per heavy atom. The van der Waals surface area contributed by atoms with Gasteiger partial charge in [-0.05, 0) is 73.5 Å². The molecule has 1 heterocycles. The second-order valence-electron chi connectivity index (χ2n) is 7.70. The van der Waals surface area contributed by atoms with Crippen LogP contribution in [-0.2, 0) is 9.59 Å². The summed E-state index contributed by atoms with van der Waals surface area (Å²) in [5.41, 5.74) is 6.02. The Hall–Kier alpha value is -3.81. The molecule has 4 aromatic rings. The molecule has 0 aliphatic carbocycles. The maximum Gasteiger partial charge on any atom is 0.328 e. The van der Waals surface area contributed by atoms with Gasteiger partial charge in [-0.3, -0.25) is 19.8 Å². The van der Waals surface area contributed by atoms with Gasteiger partial charge in [0.05, 0.1) is 16.2 Å². The van der Waals surface area contributed by atoms with Crippen molar-refractivity contribution in [1.82, 2.24) is 4.68 Å². The van der Waals surface area contributed by atoms with E-state index >= 15 is 0 Å². The highest BCUT2D eigenvalue weighted by Gasteiger charge is 2.21. The molecule has 1 aromatic heterocycles. The first-order valence-electron chi connectivity index (χ1n) is 10.3. The lowest BCUT2D eigenvalue weighted by atomic mass is 10.1. The number of nitrogens with one attached hydrogen (secondary N) is 3. The Labute approximate surface area is 205 Å². The van der Waals surface area contributed by atoms with Crippen molar-refractivity contribution in [2.45, 2.75) is 13.8 Å². The van der Waals surface area contributed by atoms with Crippen LogP contribution in [0.1, 0.15) is 21.6 Å². The van der Waals surface area contributed by atoms with E-state index in [4.69, 9.17) is 23.2 Å². The first-order valence-corrected chi connectivity index (χ1v) is 11.0. The lowest BCUT2D eigenvalue weighted by molar-refractivity contribution is -0.133. The summed E-state index contributed by atoms with van der Waals surface area (Å²) in [6.45, 7) is 3.86. The summed E-state index contributed by atoms with van der Waals surface area (Å²) in [5.74, 6) is -2.36. The molecule has 0 radical (unpaired) electrons. The minimum absolute atomic E-state index is 0.0875. The van der Waals surface area contributed by atoms with Crippen LogP contribution in [0.4, 0.5) is 11.4 Å². The molecule has 3 N–H and O–H groups in total. The van der Waals surface area contributed by atoms with Crippen molar-refractivity contribution in [2.24, 2.45) is 0 Å². The molecular weight excluding hydrogens is 475 g/mol. The molecule has 0 atom stereocenters. The molecule has 0 fully saturated rings. The van der Waals surface area contributed by atoms with Crippen molar-refractivity contribution in [3.63, 3.8) is 0 Å². The lowest BCUT2D eigenvalue weighted by Gasteiger charge is -2.13. The van der Waals surface area contributed by atoms with Gasteiger partial charge in [0.25, 0.3) is 5.91 Å². The largest absolute Gasteiger partial charge is 0.328 e. The van der Waals surface area contributed by atoms with Crippen molar-refractivity contribution in [1.29, 1.82) is 0 Å². The predicted octanol–water partition coefficient (Wildman–Crippen LogP) is 5.53. The zero-order valence-corrected chi connectivity index (χ0v) is 19.8. The maximum absolute atomic E-state index is 13.1. The third kappa shape index (κ3) is 4.90. The fraction of sp³-hybridized carbons (Fsp3) is 0.0800. The molecule has 0 bridgehead atoms. The fourth-order valence-corrected chi connectivity index (χ4v) is 3.75. The van der Waals surface area contributed by atoms with Gasteiger partial charge >= 0.3 is 11.8 Å². The van der Waals surface area contributed by atoms with E-state index in [0.717, 1.165) is 11.1 Å². The van der Waals surface area contributed by atoms with E-state index in [2.05, 4.69) is 16.1 Å². The number of halogens is 2. The van der Waals surface area contributed by atoms with Crippen molar-refractivity contribution in [3.8, 4) is 0 Å². The highest BCUT2D eigenvalue weighted by atomic mass is 35.5. The number of aromatic nitrogens is 1. The van der Waals surface area contributed by atoms with Gasteiger partial charge in [-0.2, -0.15) is 0 Å². The SMILES string of the molecule is Cc1ccc(NC(=O)C(=O)Nn2c(C(=O)Nc3ccccc3Cl)cc3cc(Cl)ccc32)cc1C. The first-order chi connectivity index (χ1) is 16.2. The highest BCUT2D eigenvalue weighted by Crippen LogP contribution is 2.25. The molecule has 0 unspecified atom stereocenters. The number of rotatable bonds is 4. The van der Waals surface area contributed by atoms with E-state index in [0.29, 0.717) is 32.3 Å². The summed E-state index contributed by atoms with van der Waals surface area (Å²) in [6, 6.07) is 18.6. The summed E-state index contributed by atoms with van der Waals surface area (Å²) in [4.78, 5) is 38.4. The molecule has 0 aliphatic heterocycles. The van der Waals surface area contributed by atoms with Crippen LogP contribution in [0.25, 0.3) is 10.9 Å². The standard InChI is InChI=1S/C25H20Cl2N4O3/c1-14-7-9-18(11-15(14)2)28-24(33)25(34)30-31-21-10-8-17(26)12-16(21)13-22(31)23(32)29-20-6-4-3-5-19(20)27/h3-13H,1-2H3,(H,28,33)(H,29,32)(H,30,34). The molecule has 0 saturated heterocycles. The molecule has 3 aromatic carbocycles. The van der Waals surface area contributed by atoms with Gasteiger partial charge in [-0.25, -0.2) is 4.68 Å². The summed E-state index contributed by atoms with van der Waals surface area (Å²) in [7, 11) is 0. The molecule has 0 saturated carbocycles. The van der Waals surface area contributed by atoms with Crippen molar-refractivity contribution >= 4 is 63.2 Å². The van der Waals surface area contributed by atoms with Gasteiger partial charge in [0.1, 0.15) is 5.69 Å². The molecule has 3 amide bonds. The maximum atomic E-state index is 13.1. The van der Waals surface area contributed by atoms with Crippen molar-refractivity contribution in [2.75, 3.05) is 16.1 Å². The van der Waals surface area contributed by atoms with Crippen molar-refractivity contribution in [3.05, 3.63) is 93.6 Å². The van der Waals surface area contributed by atoms with Gasteiger partial charge in [0, 0.05) is 16.1 Å². The summed E-state index contributed by atoms with van der Waals surface area (Å²) in [5, 5.41) is 6.71. The van der Waals surface area contributed by atoms with E-state index in [1.165, 1.54) is 4.68 Å². The van der Waals surface area contributed by atoms with Gasteiger partial charge in [0.15, 0.2) is 0 Å². The van der Waals surface area contributed by atoms with Crippen LogP contribution in [-0.4, -0.2) is 22.4 Å². The molecule has 0 spiro atoms. The lowest BCUT2D eigenvalue weighted by Crippen LogP contribution is -2.36. The number of aryl methyl sites for hydroxylation is 2. The highest BCUT2D eigenvalue weighted by molar-refractivity contribution is 6.42. The monoisotopic (exact) mass is 494 g/mol. The number of para-hydroxylation sites is 1. The normalized spacial score (nSPS) is 10.7. The van der Waals surface area contributed by atoms with Crippen LogP contribution in [0.5, 0.6) is 0 Å². The number of anilines is 2. The van der Waals surface area contributed by atoms with Crippen LogP contribution < -0.4 is 16.1 Å². The molecule has 172 valence electrons. The predicted molar refractivity (Wildman–Crippen MR) is 135 cm³/mol. The Balaban J connectivity index is 1.63. The van der Waals surface area contributed by atoms with Crippen molar-refractivity contribution < 1.29 is 14.4 Å². The van der Waals surface area contributed by atoms with Gasteiger partial charge in [0.2, 0.25) is 0 Å². The zero-order chi connectivity index (χ0) is 24.4. The quantitative estimate of drug-likeness (QED) is 0.326. The van der Waals surface area contributed by atoms with Gasteiger partial charge < -0.3 is 10.6 Å². The smallest absolute Gasteiger partial charge is 0.319 e. The van der Waals surface area contributed by atoms with Crippen LogP contribution in [0.15, 0.2) is 66.7 Å². The minimum atomic E-state index is -0.947. The Kier molecular flexibility index (Phi) is 6.58. The van der Waals surface area contributed by atoms with E-state index in [9.17, 15) is 14.4 Å². The molecule has 9 heteroatoms. The fourth-order valence-electron chi connectivity index (χ4n) is 3.38. The Morgan fingerprint density at radius 2 is 1.56 bits per heavy atom. The molecule has 34 heavy (non-hydrogen) atoms.